The normalized spacial score (nSPS) is 11.3. The van der Waals surface area contributed by atoms with E-state index < -0.39 is 5.54 Å². The molecule has 5 aromatic rings. The second-order valence-electron chi connectivity index (χ2n) is 8.18. The summed E-state index contributed by atoms with van der Waals surface area (Å²) in [5.74, 6) is 0. The molecule has 5 rings (SSSR count). The number of nitriles is 1. The lowest BCUT2D eigenvalue weighted by Crippen LogP contribution is -2.36. The molecule has 154 valence electrons. The van der Waals surface area contributed by atoms with Crippen molar-refractivity contribution in [1.29, 1.82) is 5.26 Å². The van der Waals surface area contributed by atoms with Crippen molar-refractivity contribution in [3.8, 4) is 6.07 Å². The first-order valence-corrected chi connectivity index (χ1v) is 11.0. The quantitative estimate of drug-likeness (QED) is 0.311. The molecule has 5 aromatic carbocycles. The van der Waals surface area contributed by atoms with Crippen molar-refractivity contribution in [3.63, 3.8) is 0 Å². The van der Waals surface area contributed by atoms with Crippen molar-refractivity contribution in [2.24, 2.45) is 0 Å². The highest BCUT2D eigenvalue weighted by Crippen LogP contribution is 2.40. The molecule has 0 aliphatic rings. The zero-order valence-corrected chi connectivity index (χ0v) is 17.8. The van der Waals surface area contributed by atoms with Crippen LogP contribution in [0, 0.1) is 11.3 Å². The van der Waals surface area contributed by atoms with Gasteiger partial charge in [0, 0.05) is 12.1 Å². The van der Waals surface area contributed by atoms with Crippen molar-refractivity contribution in [2.75, 3.05) is 5.32 Å². The van der Waals surface area contributed by atoms with Crippen LogP contribution < -0.4 is 5.32 Å². The SMILES string of the molecule is N#CCCC(Nc1ccccc1)(c1ccc2ccccc2c1)c1ccc2ccccc2c1. The predicted molar refractivity (Wildman–Crippen MR) is 134 cm³/mol. The molecule has 0 spiro atoms. The van der Waals surface area contributed by atoms with Crippen molar-refractivity contribution >= 4 is 27.2 Å². The Morgan fingerprint density at radius 3 is 1.62 bits per heavy atom. The Hall–Kier alpha value is -4.09. The van der Waals surface area contributed by atoms with E-state index in [2.05, 4.69) is 108 Å². The van der Waals surface area contributed by atoms with Crippen LogP contribution in [0.25, 0.3) is 21.5 Å². The zero-order valence-electron chi connectivity index (χ0n) is 17.8. The fraction of sp³-hybridized carbons (Fsp3) is 0.100. The van der Waals surface area contributed by atoms with Crippen LogP contribution in [0.3, 0.4) is 0 Å². The molecule has 0 aliphatic carbocycles. The monoisotopic (exact) mass is 412 g/mol. The number of hydrogen-bond acceptors (Lipinski definition) is 2. The summed E-state index contributed by atoms with van der Waals surface area (Å²) in [6.45, 7) is 0. The molecule has 0 amide bonds. The largest absolute Gasteiger partial charge is 0.372 e. The second kappa shape index (κ2) is 8.57. The molecule has 0 unspecified atom stereocenters. The summed E-state index contributed by atoms with van der Waals surface area (Å²) < 4.78 is 0. The van der Waals surface area contributed by atoms with Gasteiger partial charge in [-0.2, -0.15) is 5.26 Å². The Morgan fingerprint density at radius 1 is 0.594 bits per heavy atom. The number of anilines is 1. The molecule has 2 nitrogen and oxygen atoms in total. The van der Waals surface area contributed by atoms with E-state index in [0.717, 1.165) is 16.8 Å². The van der Waals surface area contributed by atoms with Crippen LogP contribution in [0.4, 0.5) is 5.69 Å². The van der Waals surface area contributed by atoms with Crippen molar-refractivity contribution in [3.05, 3.63) is 126 Å². The highest BCUT2D eigenvalue weighted by molar-refractivity contribution is 5.85. The molecule has 1 N–H and O–H groups in total. The molecular weight excluding hydrogens is 388 g/mol. The van der Waals surface area contributed by atoms with Crippen LogP contribution in [0.1, 0.15) is 24.0 Å². The third-order valence-electron chi connectivity index (χ3n) is 6.23. The van der Waals surface area contributed by atoms with Gasteiger partial charge in [0.05, 0.1) is 11.6 Å². The number of rotatable bonds is 6. The number of nitrogens with one attached hydrogen (secondary N) is 1. The standard InChI is InChI=1S/C30H24N2/c31-20-8-19-30(32-29-13-2-1-3-14-29,27-17-15-23-9-4-6-11-25(23)21-27)28-18-16-24-10-5-7-12-26(24)22-28/h1-7,9-18,21-22,32H,8,19H2. The molecular formula is C30H24N2. The number of benzene rings is 5. The minimum absolute atomic E-state index is 0.444. The Morgan fingerprint density at radius 2 is 1.09 bits per heavy atom. The smallest absolute Gasteiger partial charge is 0.0889 e. The highest BCUT2D eigenvalue weighted by atomic mass is 15.0. The first kappa shape index (κ1) is 19.8. The van der Waals surface area contributed by atoms with Crippen LogP contribution in [-0.4, -0.2) is 0 Å². The summed E-state index contributed by atoms with van der Waals surface area (Å²) in [5.41, 5.74) is 2.81. The van der Waals surface area contributed by atoms with Crippen molar-refractivity contribution in [2.45, 2.75) is 18.4 Å². The van der Waals surface area contributed by atoms with Gasteiger partial charge in [0.1, 0.15) is 0 Å². The Labute approximate surface area is 188 Å². The van der Waals surface area contributed by atoms with E-state index in [1.165, 1.54) is 21.5 Å². The topological polar surface area (TPSA) is 35.8 Å². The Bertz CT molecular complexity index is 1330. The van der Waals surface area contributed by atoms with E-state index in [0.29, 0.717) is 12.8 Å². The van der Waals surface area contributed by atoms with E-state index in [1.54, 1.807) is 0 Å². The fourth-order valence-corrected chi connectivity index (χ4v) is 4.58. The van der Waals surface area contributed by atoms with Crippen LogP contribution in [0.15, 0.2) is 115 Å². The van der Waals surface area contributed by atoms with E-state index >= 15 is 0 Å². The average Bonchev–Trinajstić information content (AvgIpc) is 2.86. The minimum atomic E-state index is -0.537. The van der Waals surface area contributed by atoms with Gasteiger partial charge in [0.2, 0.25) is 0 Å². The molecule has 0 atom stereocenters. The summed E-state index contributed by atoms with van der Waals surface area (Å²) in [6, 6.07) is 42.8. The molecule has 32 heavy (non-hydrogen) atoms. The van der Waals surface area contributed by atoms with Gasteiger partial charge in [-0.1, -0.05) is 91.0 Å². The third-order valence-corrected chi connectivity index (χ3v) is 6.23. The maximum absolute atomic E-state index is 9.56. The van der Waals surface area contributed by atoms with E-state index in [9.17, 15) is 5.26 Å². The lowest BCUT2D eigenvalue weighted by Gasteiger charge is -2.37. The Kier molecular flexibility index (Phi) is 5.32. The van der Waals surface area contributed by atoms with Gasteiger partial charge in [-0.15, -0.1) is 0 Å². The van der Waals surface area contributed by atoms with Gasteiger partial charge in [-0.25, -0.2) is 0 Å². The van der Waals surface area contributed by atoms with E-state index in [4.69, 9.17) is 0 Å². The summed E-state index contributed by atoms with van der Waals surface area (Å²) in [5, 5.41) is 18.2. The maximum Gasteiger partial charge on any atom is 0.0889 e. The molecule has 0 radical (unpaired) electrons. The van der Waals surface area contributed by atoms with Crippen molar-refractivity contribution in [1.82, 2.24) is 0 Å². The first-order chi connectivity index (χ1) is 15.8. The van der Waals surface area contributed by atoms with Crippen LogP contribution in [-0.2, 0) is 5.54 Å². The number of fused-ring (bicyclic) bond motifs is 2. The van der Waals surface area contributed by atoms with Crippen LogP contribution >= 0.6 is 0 Å². The highest BCUT2D eigenvalue weighted by Gasteiger charge is 2.34. The van der Waals surface area contributed by atoms with Crippen molar-refractivity contribution < 1.29 is 0 Å². The molecule has 0 saturated carbocycles. The number of nitrogens with zero attached hydrogens (tertiary/aromatic N) is 1. The number of hydrogen-bond donors (Lipinski definition) is 1. The molecule has 0 bridgehead atoms. The van der Waals surface area contributed by atoms with Gasteiger partial charge < -0.3 is 5.32 Å². The average molecular weight is 413 g/mol. The lowest BCUT2D eigenvalue weighted by atomic mass is 9.77. The summed E-state index contributed by atoms with van der Waals surface area (Å²) in [6.07, 6.45) is 1.11. The molecule has 0 aromatic heterocycles. The second-order valence-corrected chi connectivity index (χ2v) is 8.18. The summed E-state index contributed by atoms with van der Waals surface area (Å²) in [7, 11) is 0. The van der Waals surface area contributed by atoms with Gasteiger partial charge in [0.25, 0.3) is 0 Å². The van der Waals surface area contributed by atoms with Gasteiger partial charge in [-0.05, 0) is 63.4 Å². The third kappa shape index (κ3) is 3.70. The van der Waals surface area contributed by atoms with Gasteiger partial charge in [0.15, 0.2) is 0 Å². The predicted octanol–water partition coefficient (Wildman–Crippen LogP) is 7.65. The first-order valence-electron chi connectivity index (χ1n) is 11.0. The van der Waals surface area contributed by atoms with Crippen LogP contribution in [0.5, 0.6) is 0 Å². The minimum Gasteiger partial charge on any atom is -0.372 e. The lowest BCUT2D eigenvalue weighted by molar-refractivity contribution is 0.545. The van der Waals surface area contributed by atoms with Gasteiger partial charge >= 0.3 is 0 Å². The Balaban J connectivity index is 1.76. The zero-order chi connectivity index (χ0) is 21.8. The van der Waals surface area contributed by atoms with E-state index in [1.807, 2.05) is 18.2 Å². The summed E-state index contributed by atoms with van der Waals surface area (Å²) >= 11 is 0. The van der Waals surface area contributed by atoms with Crippen LogP contribution in [0.2, 0.25) is 0 Å². The fourth-order valence-electron chi connectivity index (χ4n) is 4.58. The molecule has 0 saturated heterocycles. The molecule has 2 heteroatoms. The van der Waals surface area contributed by atoms with Gasteiger partial charge in [-0.3, -0.25) is 0 Å². The van der Waals surface area contributed by atoms with E-state index in [-0.39, 0.29) is 0 Å². The molecule has 0 heterocycles. The maximum atomic E-state index is 9.56. The summed E-state index contributed by atoms with van der Waals surface area (Å²) in [4.78, 5) is 0. The number of para-hydroxylation sites is 1. The molecule has 0 aliphatic heterocycles. The molecule has 0 fully saturated rings.